The number of unbranched alkanes of at least 4 members (excludes halogenated alkanes) is 1. The second-order valence-corrected chi connectivity index (χ2v) is 8.07. The Morgan fingerprint density at radius 2 is 1.82 bits per heavy atom. The van der Waals surface area contributed by atoms with E-state index in [4.69, 9.17) is 4.74 Å². The quantitative estimate of drug-likeness (QED) is 0.182. The molecule has 184 valence electrons. The van der Waals surface area contributed by atoms with Gasteiger partial charge < -0.3 is 19.1 Å². The van der Waals surface area contributed by atoms with E-state index in [1.54, 1.807) is 30.2 Å². The van der Waals surface area contributed by atoms with Crippen molar-refractivity contribution in [1.29, 1.82) is 0 Å². The molecule has 34 heavy (non-hydrogen) atoms. The van der Waals surface area contributed by atoms with E-state index in [2.05, 4.69) is 6.92 Å². The Bertz CT molecular complexity index is 968. The minimum absolute atomic E-state index is 0.0133. The lowest BCUT2D eigenvalue weighted by molar-refractivity contribution is -0.384. The average Bonchev–Trinajstić information content (AvgIpc) is 3.23. The first-order chi connectivity index (χ1) is 16.3. The Morgan fingerprint density at radius 1 is 1.12 bits per heavy atom. The minimum atomic E-state index is -0.471. The number of nitrogens with zero attached hydrogens (tertiary/aromatic N) is 4. The van der Waals surface area contributed by atoms with Gasteiger partial charge >= 0.3 is 0 Å². The van der Waals surface area contributed by atoms with Crippen molar-refractivity contribution < 1.29 is 19.2 Å². The lowest BCUT2D eigenvalue weighted by Gasteiger charge is -2.27. The number of carbonyl (C=O) groups excluding carboxylic acids is 2. The zero-order chi connectivity index (χ0) is 24.9. The first kappa shape index (κ1) is 26.8. The zero-order valence-corrected chi connectivity index (χ0v) is 20.2. The molecule has 0 aliphatic heterocycles. The third-order valence-electron chi connectivity index (χ3n) is 5.48. The maximum Gasteiger partial charge on any atom is 0.269 e. The van der Waals surface area contributed by atoms with Gasteiger partial charge in [-0.2, -0.15) is 0 Å². The summed E-state index contributed by atoms with van der Waals surface area (Å²) in [5.74, 6) is -0.402. The standard InChI is InChI=1S/C25H34N4O5/c1-4-5-16-27(19-23-8-6-15-26(23)2)25(31)20-28(17-7-18-34-3)24(30)14-11-21-9-12-22(13-10-21)29(32)33/h6,8-15H,4-5,7,16-20H2,1-3H3. The Balaban J connectivity index is 2.11. The topological polar surface area (TPSA) is 97.9 Å². The molecule has 0 spiro atoms. The van der Waals surface area contributed by atoms with Crippen LogP contribution in [0.5, 0.6) is 0 Å². The summed E-state index contributed by atoms with van der Waals surface area (Å²) in [5, 5.41) is 10.8. The van der Waals surface area contributed by atoms with Gasteiger partial charge in [0.1, 0.15) is 6.54 Å². The number of aryl methyl sites for hydroxylation is 1. The van der Waals surface area contributed by atoms with Crippen LogP contribution in [0.15, 0.2) is 48.7 Å². The van der Waals surface area contributed by atoms with Crippen LogP contribution >= 0.6 is 0 Å². The van der Waals surface area contributed by atoms with Gasteiger partial charge in [0.15, 0.2) is 0 Å². The maximum absolute atomic E-state index is 13.2. The summed E-state index contributed by atoms with van der Waals surface area (Å²) in [6, 6.07) is 9.86. The summed E-state index contributed by atoms with van der Waals surface area (Å²) in [5.41, 5.74) is 1.68. The van der Waals surface area contributed by atoms with Crippen molar-refractivity contribution in [3.05, 3.63) is 70.0 Å². The third kappa shape index (κ3) is 8.47. The van der Waals surface area contributed by atoms with Crippen molar-refractivity contribution in [2.75, 3.05) is 33.4 Å². The number of ether oxygens (including phenoxy) is 1. The minimum Gasteiger partial charge on any atom is -0.385 e. The van der Waals surface area contributed by atoms with Crippen LogP contribution in [0.4, 0.5) is 5.69 Å². The molecule has 2 rings (SSSR count). The molecule has 0 radical (unpaired) electrons. The van der Waals surface area contributed by atoms with Crippen molar-refractivity contribution in [3.63, 3.8) is 0 Å². The van der Waals surface area contributed by atoms with E-state index in [0.717, 1.165) is 18.5 Å². The summed E-state index contributed by atoms with van der Waals surface area (Å²) in [4.78, 5) is 39.8. The van der Waals surface area contributed by atoms with Gasteiger partial charge in [0.05, 0.1) is 11.5 Å². The number of nitro benzene ring substituents is 1. The molecule has 0 unspecified atom stereocenters. The Hall–Kier alpha value is -3.46. The van der Waals surface area contributed by atoms with Crippen LogP contribution in [0.25, 0.3) is 6.08 Å². The molecule has 9 nitrogen and oxygen atoms in total. The molecule has 0 aliphatic carbocycles. The molecule has 0 N–H and O–H groups in total. The van der Waals surface area contributed by atoms with Gasteiger partial charge in [0, 0.05) is 64.0 Å². The maximum atomic E-state index is 13.2. The third-order valence-corrected chi connectivity index (χ3v) is 5.48. The highest BCUT2D eigenvalue weighted by Gasteiger charge is 2.20. The summed E-state index contributed by atoms with van der Waals surface area (Å²) >= 11 is 0. The van der Waals surface area contributed by atoms with Crippen LogP contribution in [0, 0.1) is 10.1 Å². The van der Waals surface area contributed by atoms with E-state index in [0.29, 0.717) is 38.2 Å². The number of non-ortho nitro benzene ring substituents is 1. The summed E-state index contributed by atoms with van der Waals surface area (Å²) in [6.45, 7) is 4.03. The number of methoxy groups -OCH3 is 1. The smallest absolute Gasteiger partial charge is 0.269 e. The second-order valence-electron chi connectivity index (χ2n) is 8.07. The lowest BCUT2D eigenvalue weighted by Crippen LogP contribution is -2.43. The first-order valence-electron chi connectivity index (χ1n) is 11.4. The van der Waals surface area contributed by atoms with Gasteiger partial charge in [-0.3, -0.25) is 19.7 Å². The highest BCUT2D eigenvalue weighted by molar-refractivity contribution is 5.94. The van der Waals surface area contributed by atoms with Crippen LogP contribution in [0.3, 0.4) is 0 Å². The molecule has 9 heteroatoms. The fraction of sp³-hybridized carbons (Fsp3) is 0.440. The molecule has 0 saturated carbocycles. The molecule has 2 aromatic rings. The molecule has 2 amide bonds. The van der Waals surface area contributed by atoms with Crippen molar-refractivity contribution in [3.8, 4) is 0 Å². The van der Waals surface area contributed by atoms with Crippen LogP contribution in [0.2, 0.25) is 0 Å². The van der Waals surface area contributed by atoms with Crippen molar-refractivity contribution in [1.82, 2.24) is 14.4 Å². The van der Waals surface area contributed by atoms with E-state index < -0.39 is 4.92 Å². The highest BCUT2D eigenvalue weighted by atomic mass is 16.6. The molecule has 0 bridgehead atoms. The number of rotatable bonds is 14. The number of hydrogen-bond acceptors (Lipinski definition) is 5. The largest absolute Gasteiger partial charge is 0.385 e. The van der Waals surface area contributed by atoms with Crippen LogP contribution in [-0.4, -0.2) is 64.5 Å². The van der Waals surface area contributed by atoms with E-state index in [-0.39, 0.29) is 24.0 Å². The van der Waals surface area contributed by atoms with Gasteiger partial charge in [-0.15, -0.1) is 0 Å². The van der Waals surface area contributed by atoms with Crippen molar-refractivity contribution in [2.24, 2.45) is 7.05 Å². The van der Waals surface area contributed by atoms with Crippen LogP contribution in [0.1, 0.15) is 37.4 Å². The van der Waals surface area contributed by atoms with E-state index >= 15 is 0 Å². The van der Waals surface area contributed by atoms with Crippen LogP contribution < -0.4 is 0 Å². The Morgan fingerprint density at radius 3 is 2.41 bits per heavy atom. The lowest BCUT2D eigenvalue weighted by atomic mass is 10.2. The molecular weight excluding hydrogens is 436 g/mol. The summed E-state index contributed by atoms with van der Waals surface area (Å²) in [7, 11) is 3.54. The molecule has 1 aromatic carbocycles. The Kier molecular flexibility index (Phi) is 11.0. The Labute approximate surface area is 200 Å². The van der Waals surface area contributed by atoms with Gasteiger partial charge in [0.2, 0.25) is 11.8 Å². The van der Waals surface area contributed by atoms with E-state index in [1.807, 2.05) is 29.9 Å². The van der Waals surface area contributed by atoms with Gasteiger partial charge in [-0.1, -0.05) is 13.3 Å². The molecule has 1 aromatic heterocycles. The van der Waals surface area contributed by atoms with Gasteiger partial charge in [-0.05, 0) is 48.7 Å². The highest BCUT2D eigenvalue weighted by Crippen LogP contribution is 2.13. The van der Waals surface area contributed by atoms with E-state index in [9.17, 15) is 19.7 Å². The number of carbonyl (C=O) groups is 2. The first-order valence-corrected chi connectivity index (χ1v) is 11.4. The molecule has 0 fully saturated rings. The number of nitro groups is 1. The predicted molar refractivity (Wildman–Crippen MR) is 131 cm³/mol. The average molecular weight is 471 g/mol. The molecule has 0 atom stereocenters. The van der Waals surface area contributed by atoms with Crippen molar-refractivity contribution >= 4 is 23.6 Å². The monoisotopic (exact) mass is 470 g/mol. The SMILES string of the molecule is CCCCN(Cc1cccn1C)C(=O)CN(CCCOC)C(=O)C=Cc1ccc([N+](=O)[O-])cc1. The zero-order valence-electron chi connectivity index (χ0n) is 20.2. The normalized spacial score (nSPS) is 11.0. The van der Waals surface area contributed by atoms with Gasteiger partial charge in [0.25, 0.3) is 5.69 Å². The van der Waals surface area contributed by atoms with Crippen LogP contribution in [-0.2, 0) is 27.9 Å². The molecule has 0 aliphatic rings. The molecular formula is C25H34N4O5. The number of benzene rings is 1. The fourth-order valence-corrected chi connectivity index (χ4v) is 3.41. The van der Waals surface area contributed by atoms with Gasteiger partial charge in [-0.25, -0.2) is 0 Å². The number of hydrogen-bond donors (Lipinski definition) is 0. The predicted octanol–water partition coefficient (Wildman–Crippen LogP) is 3.64. The molecule has 1 heterocycles. The fourth-order valence-electron chi connectivity index (χ4n) is 3.41. The number of aromatic nitrogens is 1. The molecule has 0 saturated heterocycles. The summed E-state index contributed by atoms with van der Waals surface area (Å²) < 4.78 is 7.10. The van der Waals surface area contributed by atoms with E-state index in [1.165, 1.54) is 23.1 Å². The second kappa shape index (κ2) is 13.9. The van der Waals surface area contributed by atoms with Crippen molar-refractivity contribution in [2.45, 2.75) is 32.7 Å². The summed E-state index contributed by atoms with van der Waals surface area (Å²) in [6.07, 6.45) is 7.39. The number of amides is 2.